The molecule has 1 aliphatic carbocycles. The van der Waals surface area contributed by atoms with E-state index in [1.807, 2.05) is 0 Å². The summed E-state index contributed by atoms with van der Waals surface area (Å²) in [6.45, 7) is 8.93. The highest BCUT2D eigenvalue weighted by molar-refractivity contribution is 5.34. The van der Waals surface area contributed by atoms with Gasteiger partial charge in [-0.25, -0.2) is 0 Å². The monoisotopic (exact) mass is 192 g/mol. The molecule has 0 aromatic carbocycles. The zero-order valence-corrected chi connectivity index (χ0v) is 9.63. The van der Waals surface area contributed by atoms with Crippen molar-refractivity contribution in [1.29, 1.82) is 0 Å². The summed E-state index contributed by atoms with van der Waals surface area (Å²) in [6.07, 6.45) is 9.43. The first-order valence-electron chi connectivity index (χ1n) is 5.52. The molecule has 2 atom stereocenters. The fourth-order valence-electron chi connectivity index (χ4n) is 2.77. The fourth-order valence-corrected chi connectivity index (χ4v) is 2.77. The average molecular weight is 192 g/mol. The van der Waals surface area contributed by atoms with Gasteiger partial charge in [-0.3, -0.25) is 0 Å². The highest BCUT2D eigenvalue weighted by atomic mass is 16.5. The van der Waals surface area contributed by atoms with Crippen molar-refractivity contribution in [2.75, 3.05) is 0 Å². The minimum absolute atomic E-state index is 0.120. The maximum atomic E-state index is 6.14. The van der Waals surface area contributed by atoms with Crippen LogP contribution in [0.3, 0.4) is 0 Å². The molecule has 1 spiro atoms. The summed E-state index contributed by atoms with van der Waals surface area (Å²) in [5.41, 5.74) is 1.49. The van der Waals surface area contributed by atoms with Crippen molar-refractivity contribution >= 4 is 0 Å². The number of rotatable bonds is 0. The highest BCUT2D eigenvalue weighted by Crippen LogP contribution is 2.50. The molecule has 2 aliphatic rings. The summed E-state index contributed by atoms with van der Waals surface area (Å²) >= 11 is 0. The van der Waals surface area contributed by atoms with Crippen LogP contribution in [0.15, 0.2) is 23.8 Å². The van der Waals surface area contributed by atoms with E-state index in [9.17, 15) is 0 Å². The highest BCUT2D eigenvalue weighted by Gasteiger charge is 2.49. The lowest BCUT2D eigenvalue weighted by Gasteiger charge is -2.46. The molecule has 0 bridgehead atoms. The van der Waals surface area contributed by atoms with Gasteiger partial charge < -0.3 is 4.74 Å². The van der Waals surface area contributed by atoms with Crippen LogP contribution in [0.5, 0.6) is 0 Å². The molecule has 0 radical (unpaired) electrons. The van der Waals surface area contributed by atoms with Gasteiger partial charge >= 0.3 is 0 Å². The molecule has 78 valence electrons. The maximum Gasteiger partial charge on any atom is 0.113 e. The molecule has 0 saturated heterocycles. The Morgan fingerprint density at radius 2 is 2.14 bits per heavy atom. The lowest BCUT2D eigenvalue weighted by atomic mass is 9.65. The van der Waals surface area contributed by atoms with Gasteiger partial charge in [0.2, 0.25) is 0 Å². The SMILES string of the molecule is CC1=CCCC(C)(C)C12C=CC(C)O2. The van der Waals surface area contributed by atoms with Crippen LogP contribution in [0.1, 0.15) is 40.5 Å². The zero-order valence-electron chi connectivity index (χ0n) is 9.63. The maximum absolute atomic E-state index is 6.14. The van der Waals surface area contributed by atoms with E-state index in [0.717, 1.165) is 0 Å². The van der Waals surface area contributed by atoms with E-state index in [1.165, 1.54) is 18.4 Å². The number of hydrogen-bond acceptors (Lipinski definition) is 1. The summed E-state index contributed by atoms with van der Waals surface area (Å²) in [5.74, 6) is 0. The molecule has 0 N–H and O–H groups in total. The molecule has 1 heterocycles. The Bertz CT molecular complexity index is 298. The third-order valence-electron chi connectivity index (χ3n) is 3.78. The van der Waals surface area contributed by atoms with Crippen LogP contribution in [0.25, 0.3) is 0 Å². The van der Waals surface area contributed by atoms with Crippen LogP contribution >= 0.6 is 0 Å². The topological polar surface area (TPSA) is 9.23 Å². The Hall–Kier alpha value is -0.560. The third-order valence-corrected chi connectivity index (χ3v) is 3.78. The Labute approximate surface area is 86.8 Å². The second-order valence-corrected chi connectivity index (χ2v) is 5.23. The van der Waals surface area contributed by atoms with Crippen molar-refractivity contribution in [1.82, 2.24) is 0 Å². The quantitative estimate of drug-likeness (QED) is 0.534. The van der Waals surface area contributed by atoms with E-state index in [0.29, 0.717) is 0 Å². The molecule has 0 fully saturated rings. The van der Waals surface area contributed by atoms with Crippen LogP contribution in [-0.4, -0.2) is 11.7 Å². The second kappa shape index (κ2) is 2.96. The van der Waals surface area contributed by atoms with Crippen molar-refractivity contribution in [3.8, 4) is 0 Å². The van der Waals surface area contributed by atoms with E-state index < -0.39 is 0 Å². The van der Waals surface area contributed by atoms with Gasteiger partial charge in [-0.15, -0.1) is 0 Å². The lowest BCUT2D eigenvalue weighted by molar-refractivity contribution is -0.0735. The van der Waals surface area contributed by atoms with Crippen LogP contribution in [-0.2, 0) is 4.74 Å². The predicted octanol–water partition coefficient (Wildman–Crippen LogP) is 3.47. The Balaban J connectivity index is 2.43. The normalized spacial score (nSPS) is 40.3. The molecule has 2 unspecified atom stereocenters. The van der Waals surface area contributed by atoms with E-state index in [1.54, 1.807) is 0 Å². The van der Waals surface area contributed by atoms with Gasteiger partial charge in [0, 0.05) is 5.41 Å². The second-order valence-electron chi connectivity index (χ2n) is 5.23. The average Bonchev–Trinajstić information content (AvgIpc) is 2.46. The van der Waals surface area contributed by atoms with Crippen molar-refractivity contribution < 1.29 is 4.74 Å². The van der Waals surface area contributed by atoms with Crippen molar-refractivity contribution in [3.05, 3.63) is 23.8 Å². The summed E-state index contributed by atoms with van der Waals surface area (Å²) in [4.78, 5) is 0. The van der Waals surface area contributed by atoms with Crippen molar-refractivity contribution in [2.24, 2.45) is 5.41 Å². The van der Waals surface area contributed by atoms with Gasteiger partial charge in [-0.2, -0.15) is 0 Å². The van der Waals surface area contributed by atoms with E-state index >= 15 is 0 Å². The summed E-state index contributed by atoms with van der Waals surface area (Å²) < 4.78 is 6.14. The van der Waals surface area contributed by atoms with Crippen molar-refractivity contribution in [3.63, 3.8) is 0 Å². The molecule has 0 aromatic heterocycles. The Morgan fingerprint density at radius 3 is 2.64 bits per heavy atom. The van der Waals surface area contributed by atoms with Gasteiger partial charge in [0.1, 0.15) is 5.60 Å². The van der Waals surface area contributed by atoms with Gasteiger partial charge in [-0.1, -0.05) is 26.0 Å². The molecular weight excluding hydrogens is 172 g/mol. The third kappa shape index (κ3) is 1.18. The van der Waals surface area contributed by atoms with Crippen molar-refractivity contribution in [2.45, 2.75) is 52.2 Å². The molecular formula is C13H20O. The molecule has 1 aliphatic heterocycles. The molecule has 1 nitrogen and oxygen atoms in total. The summed E-state index contributed by atoms with van der Waals surface area (Å²) in [7, 11) is 0. The largest absolute Gasteiger partial charge is 0.359 e. The molecule has 0 aromatic rings. The van der Waals surface area contributed by atoms with Gasteiger partial charge in [0.15, 0.2) is 0 Å². The van der Waals surface area contributed by atoms with Crippen LogP contribution in [0.2, 0.25) is 0 Å². The standard InChI is InChI=1S/C13H20O/c1-10-6-5-8-12(3,4)13(10)9-7-11(2)14-13/h6-7,9,11H,5,8H2,1-4H3. The lowest BCUT2D eigenvalue weighted by Crippen LogP contribution is -2.47. The van der Waals surface area contributed by atoms with Crippen LogP contribution in [0.4, 0.5) is 0 Å². The van der Waals surface area contributed by atoms with Crippen LogP contribution in [0, 0.1) is 5.41 Å². The Morgan fingerprint density at radius 1 is 1.43 bits per heavy atom. The molecule has 0 saturated carbocycles. The number of ether oxygens (including phenoxy) is 1. The fraction of sp³-hybridized carbons (Fsp3) is 0.692. The minimum atomic E-state index is -0.120. The summed E-state index contributed by atoms with van der Waals surface area (Å²) in [5, 5.41) is 0. The molecule has 2 rings (SSSR count). The first-order chi connectivity index (χ1) is 6.48. The summed E-state index contributed by atoms with van der Waals surface area (Å²) in [6, 6.07) is 0. The molecule has 1 heteroatoms. The number of hydrogen-bond donors (Lipinski definition) is 0. The first-order valence-corrected chi connectivity index (χ1v) is 5.52. The first kappa shape index (κ1) is 9.97. The predicted molar refractivity (Wildman–Crippen MR) is 59.2 cm³/mol. The van der Waals surface area contributed by atoms with Gasteiger partial charge in [-0.05, 0) is 38.3 Å². The Kier molecular flexibility index (Phi) is 2.11. The van der Waals surface area contributed by atoms with E-state index in [-0.39, 0.29) is 17.1 Å². The molecule has 0 amide bonds. The zero-order chi connectivity index (χ0) is 10.4. The minimum Gasteiger partial charge on any atom is -0.359 e. The molecule has 14 heavy (non-hydrogen) atoms. The smallest absolute Gasteiger partial charge is 0.113 e. The van der Waals surface area contributed by atoms with Crippen LogP contribution < -0.4 is 0 Å². The number of allylic oxidation sites excluding steroid dienone is 1. The van der Waals surface area contributed by atoms with E-state index in [4.69, 9.17) is 4.74 Å². The van der Waals surface area contributed by atoms with E-state index in [2.05, 4.69) is 45.9 Å². The van der Waals surface area contributed by atoms with Gasteiger partial charge in [0.05, 0.1) is 6.10 Å². The van der Waals surface area contributed by atoms with Gasteiger partial charge in [0.25, 0.3) is 0 Å².